The lowest BCUT2D eigenvalue weighted by molar-refractivity contribution is 0.476. The van der Waals surface area contributed by atoms with E-state index in [1.54, 1.807) is 22.8 Å². The molecule has 3 aromatic rings. The zero-order valence-corrected chi connectivity index (χ0v) is 10.6. The molecule has 0 bridgehead atoms. The lowest BCUT2D eigenvalue weighted by Gasteiger charge is -2.05. The van der Waals surface area contributed by atoms with E-state index in [0.717, 1.165) is 16.6 Å². The number of imidazole rings is 1. The molecule has 3 rings (SSSR count). The Balaban J connectivity index is 2.12. The number of rotatable bonds is 2. The molecule has 4 nitrogen and oxygen atoms in total. The first-order valence-electron chi connectivity index (χ1n) is 6.10. The minimum atomic E-state index is -0.165. The van der Waals surface area contributed by atoms with Crippen LogP contribution in [-0.2, 0) is 6.54 Å². The van der Waals surface area contributed by atoms with E-state index in [-0.39, 0.29) is 11.4 Å². The van der Waals surface area contributed by atoms with Crippen molar-refractivity contribution in [2.75, 3.05) is 0 Å². The third-order valence-corrected chi connectivity index (χ3v) is 3.18. The fraction of sp³-hybridized carbons (Fsp3) is 0.133. The van der Waals surface area contributed by atoms with Gasteiger partial charge in [0.15, 0.2) is 0 Å². The van der Waals surface area contributed by atoms with Gasteiger partial charge in [-0.2, -0.15) is 0 Å². The predicted molar refractivity (Wildman–Crippen MR) is 74.5 cm³/mol. The smallest absolute Gasteiger partial charge is 0.326 e. The van der Waals surface area contributed by atoms with Crippen LogP contribution in [0.5, 0.6) is 5.75 Å². The molecule has 96 valence electrons. The lowest BCUT2D eigenvalue weighted by atomic mass is 10.1. The number of benzene rings is 2. The van der Waals surface area contributed by atoms with E-state index < -0.39 is 0 Å². The van der Waals surface area contributed by atoms with E-state index in [1.165, 1.54) is 0 Å². The van der Waals surface area contributed by atoms with Gasteiger partial charge in [0.1, 0.15) is 5.75 Å². The second kappa shape index (κ2) is 4.31. The van der Waals surface area contributed by atoms with E-state index >= 15 is 0 Å². The third-order valence-electron chi connectivity index (χ3n) is 3.18. The van der Waals surface area contributed by atoms with Crippen LogP contribution in [0, 0.1) is 6.92 Å². The van der Waals surface area contributed by atoms with Gasteiger partial charge in [-0.15, -0.1) is 0 Å². The van der Waals surface area contributed by atoms with Crippen molar-refractivity contribution in [1.29, 1.82) is 0 Å². The molecule has 1 heterocycles. The topological polar surface area (TPSA) is 58.0 Å². The molecule has 0 aliphatic rings. The van der Waals surface area contributed by atoms with Crippen LogP contribution < -0.4 is 5.69 Å². The van der Waals surface area contributed by atoms with Crippen LogP contribution in [0.3, 0.4) is 0 Å². The number of H-pyrrole nitrogens is 1. The van der Waals surface area contributed by atoms with Gasteiger partial charge in [0.25, 0.3) is 0 Å². The van der Waals surface area contributed by atoms with Gasteiger partial charge in [0, 0.05) is 6.07 Å². The Kier molecular flexibility index (Phi) is 2.63. The SMILES string of the molecule is Cc1cccc(Cn2c(=O)[nH]c3ccc(O)cc32)c1. The number of hydrogen-bond donors (Lipinski definition) is 2. The highest BCUT2D eigenvalue weighted by Gasteiger charge is 2.07. The maximum absolute atomic E-state index is 12.0. The summed E-state index contributed by atoms with van der Waals surface area (Å²) in [5.41, 5.74) is 3.50. The summed E-state index contributed by atoms with van der Waals surface area (Å²) in [4.78, 5) is 14.8. The van der Waals surface area contributed by atoms with Crippen LogP contribution in [0.15, 0.2) is 47.3 Å². The molecule has 0 unspecified atom stereocenters. The van der Waals surface area contributed by atoms with Gasteiger partial charge in [-0.3, -0.25) is 4.57 Å². The van der Waals surface area contributed by atoms with Gasteiger partial charge >= 0.3 is 5.69 Å². The van der Waals surface area contributed by atoms with Crippen molar-refractivity contribution in [3.63, 3.8) is 0 Å². The number of phenols is 1. The van der Waals surface area contributed by atoms with Crippen LogP contribution in [0.4, 0.5) is 0 Å². The van der Waals surface area contributed by atoms with Crippen molar-refractivity contribution in [2.45, 2.75) is 13.5 Å². The second-order valence-electron chi connectivity index (χ2n) is 4.71. The van der Waals surface area contributed by atoms with E-state index in [0.29, 0.717) is 12.1 Å². The summed E-state index contributed by atoms with van der Waals surface area (Å²) < 4.78 is 1.63. The molecule has 0 aliphatic heterocycles. The molecule has 0 saturated carbocycles. The number of aromatic amines is 1. The van der Waals surface area contributed by atoms with Crippen molar-refractivity contribution in [1.82, 2.24) is 9.55 Å². The Morgan fingerprint density at radius 3 is 2.84 bits per heavy atom. The Hall–Kier alpha value is -2.49. The molecule has 0 atom stereocenters. The Morgan fingerprint density at radius 2 is 2.05 bits per heavy atom. The van der Waals surface area contributed by atoms with Gasteiger partial charge in [-0.25, -0.2) is 4.79 Å². The first-order chi connectivity index (χ1) is 9.13. The summed E-state index contributed by atoms with van der Waals surface area (Å²) in [5.74, 6) is 0.157. The van der Waals surface area contributed by atoms with Gasteiger partial charge in [-0.05, 0) is 24.6 Å². The normalized spacial score (nSPS) is 11.0. The summed E-state index contributed by atoms with van der Waals surface area (Å²) in [6, 6.07) is 12.9. The van der Waals surface area contributed by atoms with Crippen LogP contribution in [0.2, 0.25) is 0 Å². The minimum Gasteiger partial charge on any atom is -0.508 e. The molecule has 0 spiro atoms. The molecule has 19 heavy (non-hydrogen) atoms. The van der Waals surface area contributed by atoms with Crippen LogP contribution >= 0.6 is 0 Å². The van der Waals surface area contributed by atoms with Crippen molar-refractivity contribution < 1.29 is 5.11 Å². The van der Waals surface area contributed by atoms with E-state index in [4.69, 9.17) is 0 Å². The third kappa shape index (κ3) is 2.12. The zero-order chi connectivity index (χ0) is 13.4. The average Bonchev–Trinajstić information content (AvgIpc) is 2.66. The molecule has 0 saturated heterocycles. The molecule has 0 aliphatic carbocycles. The van der Waals surface area contributed by atoms with Crippen LogP contribution in [0.25, 0.3) is 11.0 Å². The lowest BCUT2D eigenvalue weighted by Crippen LogP contribution is -2.17. The number of phenolic OH excluding ortho intramolecular Hbond substituents is 1. The Labute approximate surface area is 109 Å². The highest BCUT2D eigenvalue weighted by Crippen LogP contribution is 2.18. The summed E-state index contributed by atoms with van der Waals surface area (Å²) in [5, 5.41) is 9.54. The summed E-state index contributed by atoms with van der Waals surface area (Å²) >= 11 is 0. The number of nitrogens with one attached hydrogen (secondary N) is 1. The Morgan fingerprint density at radius 1 is 1.21 bits per heavy atom. The van der Waals surface area contributed by atoms with Crippen LogP contribution in [0.1, 0.15) is 11.1 Å². The largest absolute Gasteiger partial charge is 0.508 e. The van der Waals surface area contributed by atoms with Crippen molar-refractivity contribution >= 4 is 11.0 Å². The second-order valence-corrected chi connectivity index (χ2v) is 4.71. The number of nitrogens with zero attached hydrogens (tertiary/aromatic N) is 1. The van der Waals surface area contributed by atoms with Gasteiger partial charge in [0.05, 0.1) is 17.6 Å². The van der Waals surface area contributed by atoms with E-state index in [1.807, 2.05) is 31.2 Å². The molecule has 0 radical (unpaired) electrons. The highest BCUT2D eigenvalue weighted by molar-refractivity contribution is 5.76. The van der Waals surface area contributed by atoms with Gasteiger partial charge in [-0.1, -0.05) is 29.8 Å². The summed E-state index contributed by atoms with van der Waals surface area (Å²) in [6.45, 7) is 2.51. The average molecular weight is 254 g/mol. The number of fused-ring (bicyclic) bond motifs is 1. The maximum atomic E-state index is 12.0. The summed E-state index contributed by atoms with van der Waals surface area (Å²) in [7, 11) is 0. The number of aryl methyl sites for hydroxylation is 1. The highest BCUT2D eigenvalue weighted by atomic mass is 16.3. The standard InChI is InChI=1S/C15H14N2O2/c1-10-3-2-4-11(7-10)9-17-14-8-12(18)5-6-13(14)16-15(17)19/h2-8,18H,9H2,1H3,(H,16,19). The quantitative estimate of drug-likeness (QED) is 0.737. The zero-order valence-electron chi connectivity index (χ0n) is 10.6. The first-order valence-corrected chi connectivity index (χ1v) is 6.10. The molecular weight excluding hydrogens is 240 g/mol. The molecular formula is C15H14N2O2. The molecule has 4 heteroatoms. The van der Waals surface area contributed by atoms with Crippen LogP contribution in [-0.4, -0.2) is 14.7 Å². The first kappa shape index (κ1) is 11.6. The molecule has 2 aromatic carbocycles. The van der Waals surface area contributed by atoms with Gasteiger partial charge < -0.3 is 10.1 Å². The monoisotopic (exact) mass is 254 g/mol. The molecule has 2 N–H and O–H groups in total. The van der Waals surface area contributed by atoms with E-state index in [9.17, 15) is 9.90 Å². The number of hydrogen-bond acceptors (Lipinski definition) is 2. The Bertz CT molecular complexity index is 799. The van der Waals surface area contributed by atoms with Crippen molar-refractivity contribution in [3.05, 3.63) is 64.1 Å². The fourth-order valence-electron chi connectivity index (χ4n) is 2.29. The molecule has 1 aromatic heterocycles. The fourth-order valence-corrected chi connectivity index (χ4v) is 2.29. The van der Waals surface area contributed by atoms with E-state index in [2.05, 4.69) is 4.98 Å². The molecule has 0 fully saturated rings. The predicted octanol–water partition coefficient (Wildman–Crippen LogP) is 2.39. The number of aromatic nitrogens is 2. The maximum Gasteiger partial charge on any atom is 0.326 e. The minimum absolute atomic E-state index is 0.157. The summed E-state index contributed by atoms with van der Waals surface area (Å²) in [6.07, 6.45) is 0. The molecule has 0 amide bonds. The van der Waals surface area contributed by atoms with Crippen molar-refractivity contribution in [3.8, 4) is 5.75 Å². The van der Waals surface area contributed by atoms with Crippen molar-refractivity contribution in [2.24, 2.45) is 0 Å². The van der Waals surface area contributed by atoms with Gasteiger partial charge in [0.2, 0.25) is 0 Å². The number of aromatic hydroxyl groups is 1.